The fourth-order valence-corrected chi connectivity index (χ4v) is 5.74. The first kappa shape index (κ1) is 19.3. The predicted octanol–water partition coefficient (Wildman–Crippen LogP) is 6.11. The molecule has 0 bridgehead atoms. The van der Waals surface area contributed by atoms with Crippen LogP contribution in [0.1, 0.15) is 39.6 Å². The summed E-state index contributed by atoms with van der Waals surface area (Å²) in [5.74, 6) is 1.18. The summed E-state index contributed by atoms with van der Waals surface area (Å²) in [4.78, 5) is 7.76. The van der Waals surface area contributed by atoms with E-state index in [0.717, 1.165) is 35.7 Å². The average molecular weight is 433 g/mol. The van der Waals surface area contributed by atoms with E-state index in [4.69, 9.17) is 10.8 Å². The van der Waals surface area contributed by atoms with Gasteiger partial charge in [0.05, 0.1) is 10.6 Å². The summed E-state index contributed by atoms with van der Waals surface area (Å²) in [5, 5.41) is 22.2. The van der Waals surface area contributed by atoms with Crippen LogP contribution in [0.4, 0.5) is 0 Å². The maximum atomic E-state index is 8.48. The lowest BCUT2D eigenvalue weighted by Crippen LogP contribution is -2.37. The number of nitrogens with zero attached hydrogens (tertiary/aromatic N) is 1. The van der Waals surface area contributed by atoms with E-state index < -0.39 is 0 Å². The number of benzene rings is 1. The van der Waals surface area contributed by atoms with Crippen molar-refractivity contribution >= 4 is 45.1 Å². The van der Waals surface area contributed by atoms with E-state index in [1.807, 2.05) is 35.0 Å². The Labute approximate surface area is 184 Å². The van der Waals surface area contributed by atoms with E-state index in [0.29, 0.717) is 23.9 Å². The number of hydrogen-bond donors (Lipinski definition) is 3. The van der Waals surface area contributed by atoms with Crippen LogP contribution in [0.15, 0.2) is 59.4 Å². The van der Waals surface area contributed by atoms with E-state index in [9.17, 15) is 0 Å². The van der Waals surface area contributed by atoms with Gasteiger partial charge in [0, 0.05) is 41.5 Å². The molecule has 4 aromatic rings. The van der Waals surface area contributed by atoms with Crippen LogP contribution in [0.3, 0.4) is 0 Å². The van der Waals surface area contributed by atoms with Gasteiger partial charge in [-0.3, -0.25) is 5.41 Å². The van der Waals surface area contributed by atoms with Crippen molar-refractivity contribution in [2.75, 3.05) is 13.1 Å². The number of nitrogens with one attached hydrogen (secondary N) is 3. The second-order valence-electron chi connectivity index (χ2n) is 7.84. The lowest BCUT2D eigenvalue weighted by Gasteiger charge is -2.33. The Balaban J connectivity index is 1.31. The molecule has 0 saturated carbocycles. The van der Waals surface area contributed by atoms with Crippen molar-refractivity contribution in [1.82, 2.24) is 9.88 Å². The third kappa shape index (κ3) is 3.73. The Morgan fingerprint density at radius 2 is 1.73 bits per heavy atom. The molecule has 5 rings (SSSR count). The smallest absolute Gasteiger partial charge is 0.138 e. The Bertz CT molecular complexity index is 1160. The zero-order valence-electron chi connectivity index (χ0n) is 16.7. The molecule has 1 aliphatic rings. The number of thiophene rings is 2. The van der Waals surface area contributed by atoms with Gasteiger partial charge in [-0.25, -0.2) is 0 Å². The molecule has 1 fully saturated rings. The summed E-state index contributed by atoms with van der Waals surface area (Å²) < 4.78 is 0. The highest BCUT2D eigenvalue weighted by molar-refractivity contribution is 7.12. The minimum atomic E-state index is 0.512. The number of hydrogen-bond acceptors (Lipinski definition) is 4. The summed E-state index contributed by atoms with van der Waals surface area (Å²) in [6.45, 7) is 1.85. The summed E-state index contributed by atoms with van der Waals surface area (Å²) in [5.41, 5.74) is 4.43. The van der Waals surface area contributed by atoms with Crippen molar-refractivity contribution < 1.29 is 0 Å². The number of amidine groups is 1. The molecule has 1 saturated heterocycles. The van der Waals surface area contributed by atoms with Gasteiger partial charge in [0.15, 0.2) is 0 Å². The fraction of sp³-hybridized carbons (Fsp3) is 0.250. The topological polar surface area (TPSA) is 66.7 Å². The number of H-pyrrole nitrogens is 1. The minimum Gasteiger partial charge on any atom is -0.361 e. The zero-order valence-corrected chi connectivity index (χ0v) is 18.3. The van der Waals surface area contributed by atoms with Gasteiger partial charge in [0.1, 0.15) is 5.84 Å². The van der Waals surface area contributed by atoms with E-state index >= 15 is 0 Å². The minimum absolute atomic E-state index is 0.512. The van der Waals surface area contributed by atoms with Crippen molar-refractivity contribution in [1.29, 1.82) is 10.8 Å². The van der Waals surface area contributed by atoms with Crippen molar-refractivity contribution in [2.24, 2.45) is 0 Å². The van der Waals surface area contributed by atoms with Gasteiger partial charge in [-0.05, 0) is 64.9 Å². The van der Waals surface area contributed by atoms with Crippen LogP contribution < -0.4 is 0 Å². The van der Waals surface area contributed by atoms with Crippen LogP contribution in [-0.2, 0) is 6.42 Å². The first-order valence-corrected chi connectivity index (χ1v) is 12.0. The van der Waals surface area contributed by atoms with E-state index in [-0.39, 0.29) is 0 Å². The first-order valence-electron chi connectivity index (χ1n) is 10.3. The average Bonchev–Trinajstić information content (AvgIpc) is 3.55. The summed E-state index contributed by atoms with van der Waals surface area (Å²) in [6.07, 6.45) is 4.97. The standard InChI is InChI=1S/C24H24N4S2/c25-20(22-3-1-11-29-22)14-16-5-6-21-18(13-16)19(15-27-21)17-7-9-28(10-8-17)24(26)23-4-2-12-30-23/h1-6,11-13,15,17,25-27H,7-10,14H2. The normalized spacial score (nSPS) is 15.0. The molecule has 0 amide bonds. The second-order valence-corrected chi connectivity index (χ2v) is 9.74. The van der Waals surface area contributed by atoms with Gasteiger partial charge in [-0.2, -0.15) is 0 Å². The second kappa shape index (κ2) is 8.20. The quantitative estimate of drug-likeness (QED) is 0.259. The zero-order chi connectivity index (χ0) is 20.5. The Morgan fingerprint density at radius 3 is 2.43 bits per heavy atom. The van der Waals surface area contributed by atoms with Gasteiger partial charge >= 0.3 is 0 Å². The lowest BCUT2D eigenvalue weighted by atomic mass is 9.88. The Hall–Kier alpha value is -2.70. The molecule has 1 aromatic carbocycles. The third-order valence-corrected chi connectivity index (χ3v) is 7.79. The molecule has 0 aliphatic carbocycles. The molecule has 0 atom stereocenters. The lowest BCUT2D eigenvalue weighted by molar-refractivity contribution is 0.313. The van der Waals surface area contributed by atoms with Crippen LogP contribution >= 0.6 is 22.7 Å². The molecule has 0 radical (unpaired) electrons. The fourth-order valence-electron chi connectivity index (χ4n) is 4.36. The molecule has 1 aliphatic heterocycles. The number of aromatic nitrogens is 1. The van der Waals surface area contributed by atoms with Crippen LogP contribution in [0.5, 0.6) is 0 Å². The van der Waals surface area contributed by atoms with Gasteiger partial charge < -0.3 is 15.3 Å². The first-order chi connectivity index (χ1) is 14.7. The van der Waals surface area contributed by atoms with Gasteiger partial charge in [0.25, 0.3) is 0 Å². The highest BCUT2D eigenvalue weighted by atomic mass is 32.1. The summed E-state index contributed by atoms with van der Waals surface area (Å²) in [7, 11) is 0. The van der Waals surface area contributed by atoms with E-state index in [1.54, 1.807) is 22.7 Å². The largest absolute Gasteiger partial charge is 0.361 e. The van der Waals surface area contributed by atoms with Crippen LogP contribution in [0, 0.1) is 10.8 Å². The third-order valence-electron chi connectivity index (χ3n) is 5.98. The molecule has 152 valence electrons. The number of fused-ring (bicyclic) bond motifs is 1. The number of likely N-dealkylation sites (tertiary alicyclic amines) is 1. The Morgan fingerprint density at radius 1 is 1.00 bits per heavy atom. The number of piperidine rings is 1. The van der Waals surface area contributed by atoms with Crippen LogP contribution in [0.25, 0.3) is 10.9 Å². The molecule has 3 aromatic heterocycles. The molecular formula is C24H24N4S2. The molecule has 0 unspecified atom stereocenters. The molecule has 0 spiro atoms. The van der Waals surface area contributed by atoms with Crippen molar-refractivity contribution in [3.05, 3.63) is 80.3 Å². The molecule has 4 nitrogen and oxygen atoms in total. The Kier molecular flexibility index (Phi) is 5.27. The molecule has 6 heteroatoms. The van der Waals surface area contributed by atoms with Gasteiger partial charge in [-0.1, -0.05) is 18.2 Å². The van der Waals surface area contributed by atoms with Crippen LogP contribution in [0.2, 0.25) is 0 Å². The van der Waals surface area contributed by atoms with E-state index in [1.165, 1.54) is 22.0 Å². The maximum absolute atomic E-state index is 8.48. The summed E-state index contributed by atoms with van der Waals surface area (Å²) >= 11 is 3.27. The van der Waals surface area contributed by atoms with Crippen LogP contribution in [-0.4, -0.2) is 34.5 Å². The highest BCUT2D eigenvalue weighted by Gasteiger charge is 2.25. The highest BCUT2D eigenvalue weighted by Crippen LogP contribution is 2.34. The van der Waals surface area contributed by atoms with E-state index in [2.05, 4.69) is 34.3 Å². The summed E-state index contributed by atoms with van der Waals surface area (Å²) in [6, 6.07) is 14.6. The van der Waals surface area contributed by atoms with Gasteiger partial charge in [-0.15, -0.1) is 22.7 Å². The monoisotopic (exact) mass is 432 g/mol. The SMILES string of the molecule is N=C(Cc1ccc2[nH]cc(C3CCN(C(=N)c4cccs4)CC3)c2c1)c1cccs1. The molecule has 3 N–H and O–H groups in total. The van der Waals surface area contributed by atoms with Gasteiger partial charge in [0.2, 0.25) is 0 Å². The molecular weight excluding hydrogens is 408 g/mol. The van der Waals surface area contributed by atoms with Crippen molar-refractivity contribution in [3.8, 4) is 0 Å². The predicted molar refractivity (Wildman–Crippen MR) is 128 cm³/mol. The van der Waals surface area contributed by atoms with Crippen molar-refractivity contribution in [2.45, 2.75) is 25.2 Å². The molecule has 4 heterocycles. The van der Waals surface area contributed by atoms with Crippen molar-refractivity contribution in [3.63, 3.8) is 0 Å². The molecule has 30 heavy (non-hydrogen) atoms. The maximum Gasteiger partial charge on any atom is 0.138 e. The number of rotatable bonds is 5. The number of aromatic amines is 1.